The number of hydrogen-bond donors (Lipinski definition) is 0. The lowest BCUT2D eigenvalue weighted by Crippen LogP contribution is -2.24. The summed E-state index contributed by atoms with van der Waals surface area (Å²) in [4.78, 5) is 2.38. The summed E-state index contributed by atoms with van der Waals surface area (Å²) < 4.78 is 6.64. The van der Waals surface area contributed by atoms with Gasteiger partial charge < -0.3 is 9.64 Å². The Bertz CT molecular complexity index is 2380. The summed E-state index contributed by atoms with van der Waals surface area (Å²) >= 11 is 0. The van der Waals surface area contributed by atoms with Crippen molar-refractivity contribution < 1.29 is 4.74 Å². The van der Waals surface area contributed by atoms with Gasteiger partial charge in [-0.25, -0.2) is 0 Å². The summed E-state index contributed by atoms with van der Waals surface area (Å²) in [6, 6.07) is 59.3. The maximum atomic E-state index is 6.64. The molecule has 1 aliphatic heterocycles. The lowest BCUT2D eigenvalue weighted by Gasteiger charge is -2.35. The number of rotatable bonds is 5. The second kappa shape index (κ2) is 11.4. The Morgan fingerprint density at radius 1 is 0.380 bits per heavy atom. The molecule has 0 saturated heterocycles. The fraction of sp³-hybridized carbons (Fsp3) is 0.125. The number of para-hydroxylation sites is 2. The van der Waals surface area contributed by atoms with Gasteiger partial charge in [0.2, 0.25) is 0 Å². The van der Waals surface area contributed by atoms with Crippen LogP contribution in [0.2, 0.25) is 0 Å². The summed E-state index contributed by atoms with van der Waals surface area (Å²) in [6.45, 7) is 9.27. The highest BCUT2D eigenvalue weighted by Crippen LogP contribution is 2.52. The summed E-state index contributed by atoms with van der Waals surface area (Å²) in [7, 11) is 0. The number of fused-ring (bicyclic) bond motifs is 5. The molecule has 9 rings (SSSR count). The van der Waals surface area contributed by atoms with Crippen LogP contribution in [0.3, 0.4) is 0 Å². The first-order valence-electron chi connectivity index (χ1n) is 17.5. The Kier molecular flexibility index (Phi) is 6.86. The van der Waals surface area contributed by atoms with Gasteiger partial charge in [0.1, 0.15) is 11.5 Å². The highest BCUT2D eigenvalue weighted by molar-refractivity contribution is 5.87. The first kappa shape index (κ1) is 30.2. The average molecular weight is 646 g/mol. The number of anilines is 3. The minimum atomic E-state index is -0.163. The molecule has 0 N–H and O–H groups in total. The highest BCUT2D eigenvalue weighted by atomic mass is 16.5. The van der Waals surface area contributed by atoms with E-state index < -0.39 is 0 Å². The third-order valence-electron chi connectivity index (χ3n) is 11.0. The molecule has 7 aromatic rings. The monoisotopic (exact) mass is 645 g/mol. The molecular weight excluding hydrogens is 607 g/mol. The van der Waals surface area contributed by atoms with Gasteiger partial charge in [-0.05, 0) is 81.4 Å². The van der Waals surface area contributed by atoms with Crippen molar-refractivity contribution >= 4 is 17.1 Å². The molecule has 0 spiro atoms. The second-order valence-corrected chi connectivity index (χ2v) is 14.6. The minimum Gasteiger partial charge on any atom is -0.456 e. The van der Waals surface area contributed by atoms with Gasteiger partial charge in [-0.3, -0.25) is 0 Å². The molecule has 2 aliphatic rings. The third-order valence-corrected chi connectivity index (χ3v) is 11.0. The van der Waals surface area contributed by atoms with Crippen LogP contribution in [-0.4, -0.2) is 0 Å². The predicted octanol–water partition coefficient (Wildman–Crippen LogP) is 13.2. The lowest BCUT2D eigenvalue weighted by atomic mass is 9.75. The normalized spacial score (nSPS) is 14.5. The van der Waals surface area contributed by atoms with Crippen molar-refractivity contribution in [2.24, 2.45) is 0 Å². The van der Waals surface area contributed by atoms with Crippen molar-refractivity contribution in [1.29, 1.82) is 0 Å². The molecule has 1 aliphatic carbocycles. The van der Waals surface area contributed by atoms with E-state index in [4.69, 9.17) is 4.74 Å². The molecule has 7 aromatic carbocycles. The largest absolute Gasteiger partial charge is 0.456 e. The first-order chi connectivity index (χ1) is 24.3. The standard InChI is InChI=1S/C48H39NO/c1-47(2)41-17-9-8-15-39(41)40-30-29-37(31-44(40)47)49(35-25-21-33(22-26-35)32-13-6-5-7-14-32)36-27-23-34(24-28-36)38-16-12-19-43-46(38)50-45-20-11-10-18-42(45)48(43,3)4/h5-31H,1-4H3. The smallest absolute Gasteiger partial charge is 0.139 e. The molecule has 0 unspecified atom stereocenters. The van der Waals surface area contributed by atoms with Crippen molar-refractivity contribution in [1.82, 2.24) is 0 Å². The van der Waals surface area contributed by atoms with E-state index in [2.05, 4.69) is 196 Å². The van der Waals surface area contributed by atoms with Gasteiger partial charge in [-0.15, -0.1) is 0 Å². The van der Waals surface area contributed by atoms with Crippen LogP contribution in [0.4, 0.5) is 17.1 Å². The van der Waals surface area contributed by atoms with Crippen molar-refractivity contribution in [2.75, 3.05) is 4.90 Å². The van der Waals surface area contributed by atoms with E-state index >= 15 is 0 Å². The van der Waals surface area contributed by atoms with Crippen LogP contribution in [0, 0.1) is 0 Å². The van der Waals surface area contributed by atoms with Crippen LogP contribution in [0.25, 0.3) is 33.4 Å². The van der Waals surface area contributed by atoms with Gasteiger partial charge in [0.25, 0.3) is 0 Å². The summed E-state index contributed by atoms with van der Waals surface area (Å²) in [5.74, 6) is 1.87. The molecular formula is C48H39NO. The van der Waals surface area contributed by atoms with E-state index in [-0.39, 0.29) is 10.8 Å². The number of hydrogen-bond acceptors (Lipinski definition) is 2. The second-order valence-electron chi connectivity index (χ2n) is 14.6. The van der Waals surface area contributed by atoms with Crippen LogP contribution in [-0.2, 0) is 10.8 Å². The Morgan fingerprint density at radius 3 is 1.64 bits per heavy atom. The average Bonchev–Trinajstić information content (AvgIpc) is 3.38. The van der Waals surface area contributed by atoms with Gasteiger partial charge in [-0.2, -0.15) is 0 Å². The molecule has 1 heterocycles. The molecule has 0 bridgehead atoms. The fourth-order valence-electron chi connectivity index (χ4n) is 8.20. The first-order valence-corrected chi connectivity index (χ1v) is 17.5. The number of ether oxygens (including phenoxy) is 1. The summed E-state index contributed by atoms with van der Waals surface area (Å²) in [6.07, 6.45) is 0. The van der Waals surface area contributed by atoms with Gasteiger partial charge in [0.05, 0.1) is 0 Å². The Labute approximate surface area is 295 Å². The number of nitrogens with zero attached hydrogens (tertiary/aromatic N) is 1. The van der Waals surface area contributed by atoms with Crippen LogP contribution in [0.5, 0.6) is 11.5 Å². The topological polar surface area (TPSA) is 12.5 Å². The molecule has 0 saturated carbocycles. The summed E-state index contributed by atoms with van der Waals surface area (Å²) in [5.41, 5.74) is 15.6. The maximum absolute atomic E-state index is 6.64. The molecule has 0 atom stereocenters. The zero-order chi connectivity index (χ0) is 34.0. The number of benzene rings is 7. The van der Waals surface area contributed by atoms with Gasteiger partial charge in [0, 0.05) is 44.6 Å². The SMILES string of the molecule is CC1(C)c2ccccc2-c2ccc(N(c3ccc(-c4ccccc4)cc3)c3ccc(-c4cccc5c4Oc4ccccc4C5(C)C)cc3)cc21. The van der Waals surface area contributed by atoms with Crippen LogP contribution < -0.4 is 9.64 Å². The lowest BCUT2D eigenvalue weighted by molar-refractivity contribution is 0.419. The molecule has 0 radical (unpaired) electrons. The Morgan fingerprint density at radius 2 is 0.900 bits per heavy atom. The van der Waals surface area contributed by atoms with E-state index in [1.807, 2.05) is 0 Å². The van der Waals surface area contributed by atoms with Crippen molar-refractivity contribution in [3.63, 3.8) is 0 Å². The van der Waals surface area contributed by atoms with E-state index in [0.717, 1.165) is 39.7 Å². The zero-order valence-corrected chi connectivity index (χ0v) is 28.9. The van der Waals surface area contributed by atoms with Crippen LogP contribution in [0.15, 0.2) is 164 Å². The van der Waals surface area contributed by atoms with E-state index in [1.165, 1.54) is 44.5 Å². The van der Waals surface area contributed by atoms with Crippen molar-refractivity contribution in [3.8, 4) is 44.9 Å². The van der Waals surface area contributed by atoms with E-state index in [1.54, 1.807) is 0 Å². The fourth-order valence-corrected chi connectivity index (χ4v) is 8.20. The van der Waals surface area contributed by atoms with Gasteiger partial charge in [0.15, 0.2) is 0 Å². The van der Waals surface area contributed by atoms with Crippen molar-refractivity contribution in [2.45, 2.75) is 38.5 Å². The predicted molar refractivity (Wildman–Crippen MR) is 208 cm³/mol. The quantitative estimate of drug-likeness (QED) is 0.185. The van der Waals surface area contributed by atoms with Crippen LogP contribution >= 0.6 is 0 Å². The minimum absolute atomic E-state index is 0.0899. The van der Waals surface area contributed by atoms with Crippen LogP contribution in [0.1, 0.15) is 49.9 Å². The highest BCUT2D eigenvalue weighted by Gasteiger charge is 2.37. The van der Waals surface area contributed by atoms with Crippen molar-refractivity contribution in [3.05, 3.63) is 186 Å². The summed E-state index contributed by atoms with van der Waals surface area (Å²) in [5, 5.41) is 0. The molecule has 0 amide bonds. The molecule has 0 fully saturated rings. The van der Waals surface area contributed by atoms with E-state index in [9.17, 15) is 0 Å². The Balaban J connectivity index is 1.14. The molecule has 2 heteroatoms. The Hall–Kier alpha value is -5.86. The molecule has 50 heavy (non-hydrogen) atoms. The molecule has 2 nitrogen and oxygen atoms in total. The molecule has 0 aromatic heterocycles. The zero-order valence-electron chi connectivity index (χ0n) is 28.9. The van der Waals surface area contributed by atoms with Gasteiger partial charge >= 0.3 is 0 Å². The van der Waals surface area contributed by atoms with Gasteiger partial charge in [-0.1, -0.05) is 149 Å². The third kappa shape index (κ3) is 4.70. The maximum Gasteiger partial charge on any atom is 0.139 e. The molecule has 242 valence electrons. The van der Waals surface area contributed by atoms with E-state index in [0.29, 0.717) is 0 Å².